The van der Waals surface area contributed by atoms with E-state index in [1.54, 1.807) is 48.5 Å². The van der Waals surface area contributed by atoms with Crippen molar-refractivity contribution in [2.45, 2.75) is 11.9 Å². The van der Waals surface area contributed by atoms with Crippen LogP contribution < -0.4 is 0 Å². The maximum Gasteiger partial charge on any atom is 0.157 e. The molecular weight excluding hydrogens is 260 g/mol. The number of aliphatic hydroxyl groups is 1. The Kier molecular flexibility index (Phi) is 4.35. The van der Waals surface area contributed by atoms with Gasteiger partial charge in [-0.3, -0.25) is 0 Å². The Bertz CT molecular complexity index is 606. The highest BCUT2D eigenvalue weighted by atomic mass is 32.2. The van der Waals surface area contributed by atoms with E-state index in [0.29, 0.717) is 5.56 Å². The molecule has 0 saturated carbocycles. The molecule has 0 amide bonds. The van der Waals surface area contributed by atoms with Crippen LogP contribution in [-0.4, -0.2) is 19.3 Å². The standard InChI is InChI=1S/C15H16O3S/c16-15(14-9-5-2-6-10-14)12-19(17,18)11-13-7-3-1-4-8-13/h1-10,15-16H,11-12H2. The highest BCUT2D eigenvalue weighted by Crippen LogP contribution is 2.17. The van der Waals surface area contributed by atoms with Crippen LogP contribution in [0.1, 0.15) is 17.2 Å². The highest BCUT2D eigenvalue weighted by molar-refractivity contribution is 7.90. The number of aliphatic hydroxyl groups excluding tert-OH is 1. The molecule has 3 nitrogen and oxygen atoms in total. The molecule has 19 heavy (non-hydrogen) atoms. The van der Waals surface area contributed by atoms with Gasteiger partial charge in [0.25, 0.3) is 0 Å². The van der Waals surface area contributed by atoms with Gasteiger partial charge in [0.1, 0.15) is 0 Å². The predicted molar refractivity (Wildman–Crippen MR) is 75.3 cm³/mol. The quantitative estimate of drug-likeness (QED) is 0.912. The van der Waals surface area contributed by atoms with E-state index >= 15 is 0 Å². The van der Waals surface area contributed by atoms with E-state index in [0.717, 1.165) is 5.56 Å². The zero-order valence-electron chi connectivity index (χ0n) is 10.4. The Morgan fingerprint density at radius 2 is 1.42 bits per heavy atom. The van der Waals surface area contributed by atoms with E-state index in [4.69, 9.17) is 0 Å². The van der Waals surface area contributed by atoms with Crippen LogP contribution in [-0.2, 0) is 15.6 Å². The molecule has 2 aromatic rings. The van der Waals surface area contributed by atoms with E-state index in [-0.39, 0.29) is 11.5 Å². The second-order valence-electron chi connectivity index (χ2n) is 4.47. The summed E-state index contributed by atoms with van der Waals surface area (Å²) in [5, 5.41) is 9.95. The number of benzene rings is 2. The van der Waals surface area contributed by atoms with E-state index in [1.807, 2.05) is 12.1 Å². The van der Waals surface area contributed by atoms with Crippen LogP contribution in [0.5, 0.6) is 0 Å². The molecular formula is C15H16O3S. The third kappa shape index (κ3) is 4.19. The molecule has 2 rings (SSSR count). The van der Waals surface area contributed by atoms with Gasteiger partial charge in [0.05, 0.1) is 17.6 Å². The fourth-order valence-corrected chi connectivity index (χ4v) is 3.39. The molecule has 100 valence electrons. The summed E-state index contributed by atoms with van der Waals surface area (Å²) >= 11 is 0. The van der Waals surface area contributed by atoms with Crippen molar-refractivity contribution in [1.29, 1.82) is 0 Å². The Balaban J connectivity index is 2.06. The number of hydrogen-bond acceptors (Lipinski definition) is 3. The van der Waals surface area contributed by atoms with Crippen LogP contribution >= 0.6 is 0 Å². The molecule has 4 heteroatoms. The van der Waals surface area contributed by atoms with Gasteiger partial charge in [-0.05, 0) is 11.1 Å². The zero-order chi connectivity index (χ0) is 13.7. The predicted octanol–water partition coefficient (Wildman–Crippen LogP) is 2.34. The van der Waals surface area contributed by atoms with Crippen LogP contribution in [0.3, 0.4) is 0 Å². The number of rotatable bonds is 5. The smallest absolute Gasteiger partial charge is 0.157 e. The van der Waals surface area contributed by atoms with Crippen LogP contribution in [0, 0.1) is 0 Å². The molecule has 1 N–H and O–H groups in total. The van der Waals surface area contributed by atoms with Crippen molar-refractivity contribution in [2.75, 3.05) is 5.75 Å². The van der Waals surface area contributed by atoms with Gasteiger partial charge in [-0.2, -0.15) is 0 Å². The zero-order valence-corrected chi connectivity index (χ0v) is 11.3. The molecule has 0 spiro atoms. The average molecular weight is 276 g/mol. The Morgan fingerprint density at radius 1 is 0.895 bits per heavy atom. The number of sulfone groups is 1. The summed E-state index contributed by atoms with van der Waals surface area (Å²) in [5.74, 6) is -0.302. The summed E-state index contributed by atoms with van der Waals surface area (Å²) in [5.41, 5.74) is 1.36. The number of hydrogen-bond donors (Lipinski definition) is 1. The molecule has 0 aliphatic carbocycles. The molecule has 0 aliphatic heterocycles. The van der Waals surface area contributed by atoms with Crippen LogP contribution in [0.2, 0.25) is 0 Å². The van der Waals surface area contributed by atoms with Crippen LogP contribution in [0.4, 0.5) is 0 Å². The second kappa shape index (κ2) is 5.99. The fourth-order valence-electron chi connectivity index (χ4n) is 1.90. The van der Waals surface area contributed by atoms with Gasteiger partial charge < -0.3 is 5.11 Å². The van der Waals surface area contributed by atoms with Gasteiger partial charge in [0.2, 0.25) is 0 Å². The average Bonchev–Trinajstić information content (AvgIpc) is 2.39. The van der Waals surface area contributed by atoms with E-state index in [1.165, 1.54) is 0 Å². The summed E-state index contributed by atoms with van der Waals surface area (Å²) in [4.78, 5) is 0. The SMILES string of the molecule is O=S(=O)(Cc1ccccc1)CC(O)c1ccccc1. The molecule has 1 atom stereocenters. The Morgan fingerprint density at radius 3 is 2.00 bits per heavy atom. The first-order valence-corrected chi connectivity index (χ1v) is 7.86. The molecule has 0 aromatic heterocycles. The minimum Gasteiger partial charge on any atom is -0.387 e. The van der Waals surface area contributed by atoms with Crippen molar-refractivity contribution < 1.29 is 13.5 Å². The van der Waals surface area contributed by atoms with Crippen molar-refractivity contribution in [1.82, 2.24) is 0 Å². The lowest BCUT2D eigenvalue weighted by molar-refractivity contribution is 0.201. The highest BCUT2D eigenvalue weighted by Gasteiger charge is 2.19. The molecule has 0 radical (unpaired) electrons. The third-order valence-corrected chi connectivity index (χ3v) is 4.42. The summed E-state index contributed by atoms with van der Waals surface area (Å²) < 4.78 is 24.0. The van der Waals surface area contributed by atoms with Crippen molar-refractivity contribution in [3.8, 4) is 0 Å². The Labute approximate surface area is 113 Å². The maximum absolute atomic E-state index is 12.0. The monoisotopic (exact) mass is 276 g/mol. The van der Waals surface area contributed by atoms with Crippen molar-refractivity contribution >= 4 is 9.84 Å². The molecule has 1 unspecified atom stereocenters. The molecule has 2 aromatic carbocycles. The lowest BCUT2D eigenvalue weighted by Crippen LogP contribution is -2.16. The lowest BCUT2D eigenvalue weighted by Gasteiger charge is -2.11. The van der Waals surface area contributed by atoms with Gasteiger partial charge >= 0.3 is 0 Å². The molecule has 0 bridgehead atoms. The lowest BCUT2D eigenvalue weighted by atomic mass is 10.1. The summed E-state index contributed by atoms with van der Waals surface area (Å²) in [6, 6.07) is 17.8. The molecule has 0 heterocycles. The minimum absolute atomic E-state index is 0.0439. The first-order valence-electron chi connectivity index (χ1n) is 6.04. The maximum atomic E-state index is 12.0. The third-order valence-electron chi connectivity index (χ3n) is 2.83. The fraction of sp³-hybridized carbons (Fsp3) is 0.200. The first kappa shape index (κ1) is 13.8. The first-order chi connectivity index (χ1) is 9.07. The van der Waals surface area contributed by atoms with Crippen molar-refractivity contribution in [3.05, 3.63) is 71.8 Å². The van der Waals surface area contributed by atoms with Gasteiger partial charge in [-0.1, -0.05) is 60.7 Å². The molecule has 0 aliphatic rings. The van der Waals surface area contributed by atoms with Crippen LogP contribution in [0.25, 0.3) is 0 Å². The topological polar surface area (TPSA) is 54.4 Å². The van der Waals surface area contributed by atoms with E-state index in [2.05, 4.69) is 0 Å². The van der Waals surface area contributed by atoms with Crippen molar-refractivity contribution in [2.24, 2.45) is 0 Å². The van der Waals surface area contributed by atoms with Gasteiger partial charge in [-0.15, -0.1) is 0 Å². The minimum atomic E-state index is -3.33. The summed E-state index contributed by atoms with van der Waals surface area (Å²) in [6.07, 6.45) is -0.977. The normalized spacial score (nSPS) is 13.1. The Hall–Kier alpha value is -1.65. The summed E-state index contributed by atoms with van der Waals surface area (Å²) in [6.45, 7) is 0. The largest absolute Gasteiger partial charge is 0.387 e. The summed E-state index contributed by atoms with van der Waals surface area (Å²) in [7, 11) is -3.33. The molecule has 0 fully saturated rings. The van der Waals surface area contributed by atoms with Gasteiger partial charge in [0.15, 0.2) is 9.84 Å². The van der Waals surface area contributed by atoms with E-state index < -0.39 is 15.9 Å². The van der Waals surface area contributed by atoms with Crippen molar-refractivity contribution in [3.63, 3.8) is 0 Å². The van der Waals surface area contributed by atoms with Gasteiger partial charge in [-0.25, -0.2) is 8.42 Å². The van der Waals surface area contributed by atoms with Crippen LogP contribution in [0.15, 0.2) is 60.7 Å². The second-order valence-corrected chi connectivity index (χ2v) is 6.58. The van der Waals surface area contributed by atoms with E-state index in [9.17, 15) is 13.5 Å². The van der Waals surface area contributed by atoms with Gasteiger partial charge in [0, 0.05) is 0 Å². The molecule has 0 saturated heterocycles.